The molecule has 5 heteroatoms. The van der Waals surface area contributed by atoms with E-state index in [1.54, 1.807) is 0 Å². The highest BCUT2D eigenvalue weighted by Gasteiger charge is 2.41. The Morgan fingerprint density at radius 1 is 1.42 bits per heavy atom. The maximum Gasteiger partial charge on any atom is 0.309 e. The summed E-state index contributed by atoms with van der Waals surface area (Å²) in [6, 6.07) is 0. The van der Waals surface area contributed by atoms with Crippen molar-refractivity contribution in [1.29, 1.82) is 0 Å². The first-order valence-corrected chi connectivity index (χ1v) is 3.72. The van der Waals surface area contributed by atoms with Crippen LogP contribution in [0.15, 0.2) is 0 Å². The summed E-state index contributed by atoms with van der Waals surface area (Å²) in [7, 11) is 1.29. The van der Waals surface area contributed by atoms with Crippen LogP contribution in [0.4, 0.5) is 0 Å². The fourth-order valence-electron chi connectivity index (χ4n) is 1.33. The molecular formula is C7H11NO4. The molecule has 0 aromatic carbocycles. The van der Waals surface area contributed by atoms with Gasteiger partial charge in [0.2, 0.25) is 5.91 Å². The number of rotatable bonds is 2. The van der Waals surface area contributed by atoms with Crippen molar-refractivity contribution in [1.82, 2.24) is 5.48 Å². The molecule has 1 amide bonds. The van der Waals surface area contributed by atoms with Gasteiger partial charge < -0.3 is 4.74 Å². The molecule has 0 aromatic heterocycles. The zero-order chi connectivity index (χ0) is 9.14. The van der Waals surface area contributed by atoms with Crippen molar-refractivity contribution in [2.75, 3.05) is 7.11 Å². The predicted molar refractivity (Wildman–Crippen MR) is 38.2 cm³/mol. The summed E-state index contributed by atoms with van der Waals surface area (Å²) < 4.78 is 4.48. The molecule has 68 valence electrons. The van der Waals surface area contributed by atoms with Crippen LogP contribution in [0.3, 0.4) is 0 Å². The van der Waals surface area contributed by atoms with Crippen molar-refractivity contribution in [2.24, 2.45) is 11.8 Å². The monoisotopic (exact) mass is 173 g/mol. The summed E-state index contributed by atoms with van der Waals surface area (Å²) in [4.78, 5) is 21.8. The first kappa shape index (κ1) is 8.99. The van der Waals surface area contributed by atoms with Crippen LogP contribution < -0.4 is 5.48 Å². The van der Waals surface area contributed by atoms with Crippen molar-refractivity contribution >= 4 is 11.9 Å². The molecule has 0 unspecified atom stereocenters. The number of nitrogens with one attached hydrogen (secondary N) is 1. The molecule has 0 bridgehead atoms. The minimum atomic E-state index is -0.503. The molecule has 2 atom stereocenters. The molecule has 1 saturated carbocycles. The Kier molecular flexibility index (Phi) is 2.65. The molecule has 1 aliphatic rings. The number of carbonyl (C=O) groups is 2. The third-order valence-corrected chi connectivity index (χ3v) is 2.23. The van der Waals surface area contributed by atoms with Gasteiger partial charge in [-0.15, -0.1) is 0 Å². The van der Waals surface area contributed by atoms with Crippen LogP contribution in [0.25, 0.3) is 0 Å². The smallest absolute Gasteiger partial charge is 0.309 e. The Labute approximate surface area is 69.7 Å². The third-order valence-electron chi connectivity index (χ3n) is 2.23. The van der Waals surface area contributed by atoms with E-state index in [1.807, 2.05) is 0 Å². The molecule has 5 nitrogen and oxygen atoms in total. The van der Waals surface area contributed by atoms with Gasteiger partial charge in [-0.1, -0.05) is 0 Å². The van der Waals surface area contributed by atoms with Gasteiger partial charge in [0.1, 0.15) is 0 Å². The van der Waals surface area contributed by atoms with E-state index in [1.165, 1.54) is 12.6 Å². The average Bonchev–Trinajstić information content (AvgIpc) is 2.02. The first-order chi connectivity index (χ1) is 5.70. The Morgan fingerprint density at radius 3 is 2.33 bits per heavy atom. The number of ether oxygens (including phenoxy) is 1. The van der Waals surface area contributed by atoms with Crippen LogP contribution in [0, 0.1) is 11.8 Å². The highest BCUT2D eigenvalue weighted by molar-refractivity contribution is 5.86. The second kappa shape index (κ2) is 3.53. The standard InChI is InChI=1S/C7H11NO4/c1-12-7(10)5-3-2-4(5)6(9)8-11/h4-5,11H,2-3H2,1H3,(H,8,9)/t4-,5-/m0/s1. The number of hydrogen-bond donors (Lipinski definition) is 2. The Balaban J connectivity index is 2.49. The topological polar surface area (TPSA) is 75.6 Å². The minimum absolute atomic E-state index is 0.373. The lowest BCUT2D eigenvalue weighted by Crippen LogP contribution is -2.43. The number of carbonyl (C=O) groups excluding carboxylic acids is 2. The molecule has 0 aliphatic heterocycles. The molecule has 0 saturated heterocycles. The van der Waals surface area contributed by atoms with Crippen LogP contribution in [0.5, 0.6) is 0 Å². The van der Waals surface area contributed by atoms with Crippen molar-refractivity contribution in [3.05, 3.63) is 0 Å². The maximum atomic E-state index is 10.9. The molecule has 1 aliphatic carbocycles. The van der Waals surface area contributed by atoms with Gasteiger partial charge in [0, 0.05) is 0 Å². The van der Waals surface area contributed by atoms with Crippen molar-refractivity contribution in [3.8, 4) is 0 Å². The molecule has 12 heavy (non-hydrogen) atoms. The number of hydroxylamine groups is 1. The van der Waals surface area contributed by atoms with Crippen LogP contribution in [0.2, 0.25) is 0 Å². The molecular weight excluding hydrogens is 162 g/mol. The van der Waals surface area contributed by atoms with Crippen LogP contribution in [-0.2, 0) is 14.3 Å². The fourth-order valence-corrected chi connectivity index (χ4v) is 1.33. The second-order valence-corrected chi connectivity index (χ2v) is 2.79. The quantitative estimate of drug-likeness (QED) is 0.341. The van der Waals surface area contributed by atoms with E-state index in [9.17, 15) is 9.59 Å². The van der Waals surface area contributed by atoms with Gasteiger partial charge in [0.25, 0.3) is 0 Å². The van der Waals surface area contributed by atoms with Gasteiger partial charge in [-0.3, -0.25) is 14.8 Å². The van der Waals surface area contributed by atoms with Crippen LogP contribution in [-0.4, -0.2) is 24.2 Å². The summed E-state index contributed by atoms with van der Waals surface area (Å²) in [6.45, 7) is 0. The summed E-state index contributed by atoms with van der Waals surface area (Å²) >= 11 is 0. The largest absolute Gasteiger partial charge is 0.469 e. The van der Waals surface area contributed by atoms with E-state index in [0.717, 1.165) is 0 Å². The second-order valence-electron chi connectivity index (χ2n) is 2.79. The summed E-state index contributed by atoms with van der Waals surface area (Å²) in [5, 5.41) is 8.29. The molecule has 1 rings (SSSR count). The molecule has 0 spiro atoms. The zero-order valence-electron chi connectivity index (χ0n) is 6.74. The Bertz CT molecular complexity index is 182. The lowest BCUT2D eigenvalue weighted by molar-refractivity contribution is -0.158. The highest BCUT2D eigenvalue weighted by Crippen LogP contribution is 2.34. The number of esters is 1. The van der Waals surface area contributed by atoms with E-state index < -0.39 is 11.8 Å². The Morgan fingerprint density at radius 2 is 2.00 bits per heavy atom. The van der Waals surface area contributed by atoms with Crippen LogP contribution >= 0.6 is 0 Å². The summed E-state index contributed by atoms with van der Waals surface area (Å²) in [5.41, 5.74) is 1.53. The van der Waals surface area contributed by atoms with Gasteiger partial charge in [-0.2, -0.15) is 0 Å². The van der Waals surface area contributed by atoms with Gasteiger partial charge in [0.15, 0.2) is 0 Å². The Hall–Kier alpha value is -1.10. The first-order valence-electron chi connectivity index (χ1n) is 3.72. The molecule has 2 N–H and O–H groups in total. The van der Waals surface area contributed by atoms with E-state index in [4.69, 9.17) is 5.21 Å². The fraction of sp³-hybridized carbons (Fsp3) is 0.714. The lowest BCUT2D eigenvalue weighted by Gasteiger charge is -2.31. The minimum Gasteiger partial charge on any atom is -0.469 e. The van der Waals surface area contributed by atoms with Crippen molar-refractivity contribution in [2.45, 2.75) is 12.8 Å². The summed E-state index contributed by atoms with van der Waals surface area (Å²) in [5.74, 6) is -1.67. The van der Waals surface area contributed by atoms with Gasteiger partial charge in [-0.05, 0) is 12.8 Å². The lowest BCUT2D eigenvalue weighted by atomic mass is 9.73. The van der Waals surface area contributed by atoms with Crippen molar-refractivity contribution < 1.29 is 19.5 Å². The van der Waals surface area contributed by atoms with E-state index >= 15 is 0 Å². The molecule has 1 fully saturated rings. The highest BCUT2D eigenvalue weighted by atomic mass is 16.5. The number of hydrogen-bond acceptors (Lipinski definition) is 4. The molecule has 0 aromatic rings. The normalized spacial score (nSPS) is 27.2. The number of methoxy groups -OCH3 is 1. The predicted octanol–water partition coefficient (Wildman–Crippen LogP) is -0.309. The third kappa shape index (κ3) is 1.40. The van der Waals surface area contributed by atoms with Crippen LogP contribution in [0.1, 0.15) is 12.8 Å². The maximum absolute atomic E-state index is 10.9. The van der Waals surface area contributed by atoms with Crippen molar-refractivity contribution in [3.63, 3.8) is 0 Å². The average molecular weight is 173 g/mol. The zero-order valence-corrected chi connectivity index (χ0v) is 6.74. The van der Waals surface area contributed by atoms with E-state index in [2.05, 4.69) is 4.74 Å². The number of amides is 1. The molecule has 0 radical (unpaired) electrons. The van der Waals surface area contributed by atoms with E-state index in [-0.39, 0.29) is 11.9 Å². The SMILES string of the molecule is COC(=O)[C@H]1CC[C@@H]1C(=O)NO. The van der Waals surface area contributed by atoms with Gasteiger partial charge >= 0.3 is 5.97 Å². The van der Waals surface area contributed by atoms with Gasteiger partial charge in [-0.25, -0.2) is 5.48 Å². The van der Waals surface area contributed by atoms with Gasteiger partial charge in [0.05, 0.1) is 18.9 Å². The molecule has 0 heterocycles. The summed E-state index contributed by atoms with van der Waals surface area (Å²) in [6.07, 6.45) is 1.29. The van der Waals surface area contributed by atoms with E-state index in [0.29, 0.717) is 12.8 Å².